The normalized spacial score (nSPS) is 16.6. The van der Waals surface area contributed by atoms with Gasteiger partial charge in [-0.3, -0.25) is 9.69 Å². The first-order valence-corrected chi connectivity index (χ1v) is 6.99. The topological polar surface area (TPSA) is 43.8 Å². The van der Waals surface area contributed by atoms with Crippen LogP contribution in [0.15, 0.2) is 30.3 Å². The number of carbonyl (C=O) groups excluding carboxylic acids is 1. The number of nitrogens with zero attached hydrogens (tertiary/aromatic N) is 2. The van der Waals surface area contributed by atoms with Crippen LogP contribution in [0.3, 0.4) is 0 Å². The fourth-order valence-electron chi connectivity index (χ4n) is 2.39. The molecule has 0 unspecified atom stereocenters. The van der Waals surface area contributed by atoms with Gasteiger partial charge in [0.2, 0.25) is 0 Å². The van der Waals surface area contributed by atoms with Crippen LogP contribution in [0.25, 0.3) is 0 Å². The maximum atomic E-state index is 12.2. The number of rotatable bonds is 5. The summed E-state index contributed by atoms with van der Waals surface area (Å²) in [5.41, 5.74) is 0.774. The van der Waals surface area contributed by atoms with Gasteiger partial charge in [0.15, 0.2) is 0 Å². The van der Waals surface area contributed by atoms with Crippen molar-refractivity contribution in [3.05, 3.63) is 35.9 Å². The number of benzene rings is 1. The highest BCUT2D eigenvalue weighted by molar-refractivity contribution is 5.94. The van der Waals surface area contributed by atoms with E-state index in [2.05, 4.69) is 4.90 Å². The number of aliphatic hydroxyl groups excluding tert-OH is 1. The average molecular weight is 262 g/mol. The van der Waals surface area contributed by atoms with E-state index in [0.717, 1.165) is 51.1 Å². The SMILES string of the molecule is O=C(c1ccccc1)N1CCN(CCCCO)CC1. The molecular formula is C15H22N2O2. The molecule has 1 aromatic rings. The maximum Gasteiger partial charge on any atom is 0.253 e. The highest BCUT2D eigenvalue weighted by atomic mass is 16.2. The zero-order valence-corrected chi connectivity index (χ0v) is 11.3. The van der Waals surface area contributed by atoms with Crippen LogP contribution in [0.5, 0.6) is 0 Å². The molecule has 0 saturated carbocycles. The Morgan fingerprint density at radius 3 is 2.37 bits per heavy atom. The minimum Gasteiger partial charge on any atom is -0.396 e. The molecule has 0 bridgehead atoms. The zero-order chi connectivity index (χ0) is 13.5. The molecule has 0 radical (unpaired) electrons. The number of hydrogen-bond acceptors (Lipinski definition) is 3. The van der Waals surface area contributed by atoms with E-state index < -0.39 is 0 Å². The van der Waals surface area contributed by atoms with E-state index in [1.807, 2.05) is 35.2 Å². The number of amides is 1. The van der Waals surface area contributed by atoms with Crippen molar-refractivity contribution in [1.29, 1.82) is 0 Å². The van der Waals surface area contributed by atoms with Crippen LogP contribution >= 0.6 is 0 Å². The minimum atomic E-state index is 0.135. The summed E-state index contributed by atoms with van der Waals surface area (Å²) < 4.78 is 0. The van der Waals surface area contributed by atoms with Gasteiger partial charge in [-0.25, -0.2) is 0 Å². The highest BCUT2D eigenvalue weighted by Gasteiger charge is 2.21. The molecular weight excluding hydrogens is 240 g/mol. The Balaban J connectivity index is 1.78. The smallest absolute Gasteiger partial charge is 0.253 e. The van der Waals surface area contributed by atoms with Crippen molar-refractivity contribution in [2.75, 3.05) is 39.3 Å². The Hall–Kier alpha value is -1.39. The fourth-order valence-corrected chi connectivity index (χ4v) is 2.39. The molecule has 2 rings (SSSR count). The van der Waals surface area contributed by atoms with Gasteiger partial charge in [0.1, 0.15) is 0 Å². The maximum absolute atomic E-state index is 12.2. The first-order valence-electron chi connectivity index (χ1n) is 6.99. The van der Waals surface area contributed by atoms with E-state index in [1.165, 1.54) is 0 Å². The minimum absolute atomic E-state index is 0.135. The molecule has 0 aromatic heterocycles. The molecule has 0 spiro atoms. The first kappa shape index (κ1) is 14.0. The summed E-state index contributed by atoms with van der Waals surface area (Å²) in [5, 5.41) is 8.77. The van der Waals surface area contributed by atoms with Gasteiger partial charge in [-0.1, -0.05) is 18.2 Å². The summed E-state index contributed by atoms with van der Waals surface area (Å²) in [6.07, 6.45) is 1.90. The molecule has 19 heavy (non-hydrogen) atoms. The summed E-state index contributed by atoms with van der Waals surface area (Å²) in [4.78, 5) is 16.5. The van der Waals surface area contributed by atoms with E-state index in [4.69, 9.17) is 5.11 Å². The molecule has 1 aliphatic rings. The summed E-state index contributed by atoms with van der Waals surface area (Å²) in [5.74, 6) is 0.135. The fraction of sp³-hybridized carbons (Fsp3) is 0.533. The molecule has 1 aromatic carbocycles. The lowest BCUT2D eigenvalue weighted by Crippen LogP contribution is -2.48. The van der Waals surface area contributed by atoms with Gasteiger partial charge >= 0.3 is 0 Å². The van der Waals surface area contributed by atoms with Crippen molar-refractivity contribution in [2.24, 2.45) is 0 Å². The van der Waals surface area contributed by atoms with Crippen LogP contribution in [0.2, 0.25) is 0 Å². The van der Waals surface area contributed by atoms with E-state index in [9.17, 15) is 4.79 Å². The quantitative estimate of drug-likeness (QED) is 0.811. The Bertz CT molecular complexity index is 386. The molecule has 0 atom stereocenters. The summed E-state index contributed by atoms with van der Waals surface area (Å²) in [7, 11) is 0. The summed E-state index contributed by atoms with van der Waals surface area (Å²) in [6.45, 7) is 4.76. The molecule has 1 fully saturated rings. The molecule has 4 heteroatoms. The van der Waals surface area contributed by atoms with Crippen molar-refractivity contribution in [3.8, 4) is 0 Å². The lowest BCUT2D eigenvalue weighted by atomic mass is 10.2. The molecule has 1 N–H and O–H groups in total. The summed E-state index contributed by atoms with van der Waals surface area (Å²) in [6, 6.07) is 9.47. The van der Waals surface area contributed by atoms with Crippen LogP contribution in [0, 0.1) is 0 Å². The van der Waals surface area contributed by atoms with Crippen molar-refractivity contribution in [1.82, 2.24) is 9.80 Å². The predicted molar refractivity (Wildman–Crippen MR) is 75.1 cm³/mol. The number of unbranched alkanes of at least 4 members (excludes halogenated alkanes) is 1. The van der Waals surface area contributed by atoms with E-state index in [1.54, 1.807) is 0 Å². The number of carbonyl (C=O) groups is 1. The third kappa shape index (κ3) is 4.04. The number of hydrogen-bond donors (Lipinski definition) is 1. The van der Waals surface area contributed by atoms with Gasteiger partial charge < -0.3 is 10.0 Å². The van der Waals surface area contributed by atoms with Gasteiger partial charge in [0.25, 0.3) is 5.91 Å². The molecule has 1 heterocycles. The van der Waals surface area contributed by atoms with Crippen molar-refractivity contribution in [2.45, 2.75) is 12.8 Å². The van der Waals surface area contributed by atoms with Gasteiger partial charge in [-0.2, -0.15) is 0 Å². The molecule has 0 aliphatic carbocycles. The summed E-state index contributed by atoms with van der Waals surface area (Å²) >= 11 is 0. The monoisotopic (exact) mass is 262 g/mol. The standard InChI is InChI=1S/C15H22N2O2/c18-13-5-4-8-16-9-11-17(12-10-16)15(19)14-6-2-1-3-7-14/h1-3,6-7,18H,4-5,8-13H2. The highest BCUT2D eigenvalue weighted by Crippen LogP contribution is 2.09. The first-order chi connectivity index (χ1) is 9.31. The van der Waals surface area contributed by atoms with Crippen LogP contribution < -0.4 is 0 Å². The third-order valence-electron chi connectivity index (χ3n) is 3.56. The van der Waals surface area contributed by atoms with E-state index in [0.29, 0.717) is 0 Å². The molecule has 1 amide bonds. The largest absolute Gasteiger partial charge is 0.396 e. The van der Waals surface area contributed by atoms with Crippen molar-refractivity contribution >= 4 is 5.91 Å². The molecule has 104 valence electrons. The van der Waals surface area contributed by atoms with Gasteiger partial charge in [-0.05, 0) is 31.5 Å². The van der Waals surface area contributed by atoms with E-state index >= 15 is 0 Å². The number of piperazine rings is 1. The molecule has 1 saturated heterocycles. The second kappa shape index (κ2) is 7.26. The van der Waals surface area contributed by atoms with Crippen LogP contribution in [-0.2, 0) is 0 Å². The second-order valence-corrected chi connectivity index (χ2v) is 4.93. The van der Waals surface area contributed by atoms with Gasteiger partial charge in [0, 0.05) is 38.3 Å². The van der Waals surface area contributed by atoms with E-state index in [-0.39, 0.29) is 12.5 Å². The number of aliphatic hydroxyl groups is 1. The molecule has 1 aliphatic heterocycles. The Kier molecular flexibility index (Phi) is 5.36. The third-order valence-corrected chi connectivity index (χ3v) is 3.56. The van der Waals surface area contributed by atoms with Crippen LogP contribution in [-0.4, -0.2) is 60.1 Å². The second-order valence-electron chi connectivity index (χ2n) is 4.93. The predicted octanol–water partition coefficient (Wildman–Crippen LogP) is 1.22. The average Bonchev–Trinajstić information content (AvgIpc) is 2.48. The Morgan fingerprint density at radius 1 is 1.05 bits per heavy atom. The van der Waals surface area contributed by atoms with Gasteiger partial charge in [-0.15, -0.1) is 0 Å². The Labute approximate surface area is 114 Å². The Morgan fingerprint density at radius 2 is 1.74 bits per heavy atom. The van der Waals surface area contributed by atoms with Crippen LogP contribution in [0.1, 0.15) is 23.2 Å². The van der Waals surface area contributed by atoms with Gasteiger partial charge in [0.05, 0.1) is 0 Å². The van der Waals surface area contributed by atoms with Crippen LogP contribution in [0.4, 0.5) is 0 Å². The molecule has 4 nitrogen and oxygen atoms in total. The van der Waals surface area contributed by atoms with Crippen molar-refractivity contribution in [3.63, 3.8) is 0 Å². The van der Waals surface area contributed by atoms with Crippen molar-refractivity contribution < 1.29 is 9.90 Å². The lowest BCUT2D eigenvalue weighted by Gasteiger charge is -2.34. The lowest BCUT2D eigenvalue weighted by molar-refractivity contribution is 0.0634. The zero-order valence-electron chi connectivity index (χ0n) is 11.3.